The number of anilines is 2. The molecule has 1 unspecified atom stereocenters. The third-order valence-electron chi connectivity index (χ3n) is 2.85. The largest absolute Gasteiger partial charge is 0.377 e. The molecule has 0 bridgehead atoms. The Morgan fingerprint density at radius 2 is 2.22 bits per heavy atom. The van der Waals surface area contributed by atoms with Gasteiger partial charge in [0.2, 0.25) is 0 Å². The number of hydrogen-bond acceptors (Lipinski definition) is 6. The Labute approximate surface area is 109 Å². The molecule has 1 aromatic heterocycles. The molecule has 0 saturated heterocycles. The summed E-state index contributed by atoms with van der Waals surface area (Å²) in [6.45, 7) is 5.72. The van der Waals surface area contributed by atoms with E-state index >= 15 is 0 Å². The average molecular weight is 253 g/mol. The second-order valence-corrected chi connectivity index (χ2v) is 4.50. The van der Waals surface area contributed by atoms with Gasteiger partial charge in [0.1, 0.15) is 18.2 Å². The monoisotopic (exact) mass is 253 g/mol. The smallest absolute Gasteiger partial charge is 0.158 e. The fourth-order valence-electron chi connectivity index (χ4n) is 1.64. The number of methoxy groups -OCH3 is 1. The standard InChI is InChI=1S/C12H23N5O/c1-5-9(2)7-17(3)12-6-10(16-13)14-11(15-12)8-18-4/h6,9H,5,7-8,13H2,1-4H3,(H,14,15,16). The van der Waals surface area contributed by atoms with Crippen LogP contribution < -0.4 is 16.2 Å². The lowest BCUT2D eigenvalue weighted by atomic mass is 10.1. The van der Waals surface area contributed by atoms with Crippen molar-refractivity contribution in [2.45, 2.75) is 26.9 Å². The number of rotatable bonds is 7. The van der Waals surface area contributed by atoms with Gasteiger partial charge in [-0.15, -0.1) is 0 Å². The molecule has 1 rings (SSSR count). The molecule has 102 valence electrons. The van der Waals surface area contributed by atoms with E-state index in [2.05, 4.69) is 34.1 Å². The minimum absolute atomic E-state index is 0.375. The van der Waals surface area contributed by atoms with Gasteiger partial charge in [0, 0.05) is 26.8 Å². The molecule has 0 aliphatic heterocycles. The van der Waals surface area contributed by atoms with Crippen molar-refractivity contribution >= 4 is 11.6 Å². The lowest BCUT2D eigenvalue weighted by molar-refractivity contribution is 0.178. The maximum absolute atomic E-state index is 5.41. The summed E-state index contributed by atoms with van der Waals surface area (Å²) in [5.74, 6) is 8.10. The molecule has 0 spiro atoms. The minimum atomic E-state index is 0.375. The van der Waals surface area contributed by atoms with E-state index in [1.807, 2.05) is 13.1 Å². The van der Waals surface area contributed by atoms with Crippen LogP contribution in [0, 0.1) is 5.92 Å². The second-order valence-electron chi connectivity index (χ2n) is 4.50. The van der Waals surface area contributed by atoms with Crippen LogP contribution in [0.15, 0.2) is 6.07 Å². The minimum Gasteiger partial charge on any atom is -0.377 e. The summed E-state index contributed by atoms with van der Waals surface area (Å²) in [6, 6.07) is 1.83. The maximum atomic E-state index is 5.41. The number of hydrogen-bond donors (Lipinski definition) is 2. The second kappa shape index (κ2) is 7.13. The van der Waals surface area contributed by atoms with Crippen molar-refractivity contribution in [2.75, 3.05) is 31.0 Å². The topological polar surface area (TPSA) is 76.3 Å². The zero-order chi connectivity index (χ0) is 13.5. The molecule has 0 aromatic carbocycles. The van der Waals surface area contributed by atoms with Gasteiger partial charge in [0.15, 0.2) is 5.82 Å². The molecular weight excluding hydrogens is 230 g/mol. The third kappa shape index (κ3) is 4.12. The molecule has 18 heavy (non-hydrogen) atoms. The predicted octanol–water partition coefficient (Wildman–Crippen LogP) is 1.39. The number of nitrogens with two attached hydrogens (primary N) is 1. The summed E-state index contributed by atoms with van der Waals surface area (Å²) in [6.07, 6.45) is 1.14. The van der Waals surface area contributed by atoms with Gasteiger partial charge >= 0.3 is 0 Å². The normalized spacial score (nSPS) is 12.3. The summed E-state index contributed by atoms with van der Waals surface area (Å²) in [5, 5.41) is 0. The van der Waals surface area contributed by atoms with Crippen LogP contribution in [-0.2, 0) is 11.3 Å². The maximum Gasteiger partial charge on any atom is 0.158 e. The first kappa shape index (κ1) is 14.7. The summed E-state index contributed by atoms with van der Waals surface area (Å²) < 4.78 is 5.05. The number of nitrogen functional groups attached to an aromatic ring is 1. The SMILES string of the molecule is CCC(C)CN(C)c1cc(NN)nc(COC)n1. The van der Waals surface area contributed by atoms with E-state index in [0.29, 0.717) is 24.2 Å². The Morgan fingerprint density at radius 3 is 2.78 bits per heavy atom. The highest BCUT2D eigenvalue weighted by Crippen LogP contribution is 2.16. The van der Waals surface area contributed by atoms with Gasteiger partial charge < -0.3 is 15.1 Å². The Balaban J connectivity index is 2.88. The molecule has 1 heterocycles. The summed E-state index contributed by atoms with van der Waals surface area (Å²) >= 11 is 0. The number of nitrogens with one attached hydrogen (secondary N) is 1. The molecule has 6 heteroatoms. The molecule has 6 nitrogen and oxygen atoms in total. The first-order valence-corrected chi connectivity index (χ1v) is 6.15. The molecule has 3 N–H and O–H groups in total. The number of aromatic nitrogens is 2. The van der Waals surface area contributed by atoms with E-state index in [9.17, 15) is 0 Å². The molecule has 1 atom stereocenters. The van der Waals surface area contributed by atoms with Crippen molar-refractivity contribution in [3.05, 3.63) is 11.9 Å². The zero-order valence-electron chi connectivity index (χ0n) is 11.6. The fraction of sp³-hybridized carbons (Fsp3) is 0.667. The molecule has 0 aliphatic rings. The van der Waals surface area contributed by atoms with Crippen molar-refractivity contribution in [3.8, 4) is 0 Å². The first-order valence-electron chi connectivity index (χ1n) is 6.15. The molecule has 0 amide bonds. The van der Waals surface area contributed by atoms with Gasteiger partial charge in [-0.25, -0.2) is 15.8 Å². The summed E-state index contributed by atoms with van der Waals surface area (Å²) in [4.78, 5) is 10.8. The van der Waals surface area contributed by atoms with Crippen molar-refractivity contribution in [2.24, 2.45) is 11.8 Å². The van der Waals surface area contributed by atoms with E-state index in [-0.39, 0.29) is 0 Å². The van der Waals surface area contributed by atoms with Crippen LogP contribution in [0.25, 0.3) is 0 Å². The van der Waals surface area contributed by atoms with E-state index in [4.69, 9.17) is 10.6 Å². The van der Waals surface area contributed by atoms with Crippen LogP contribution in [0.2, 0.25) is 0 Å². The van der Waals surface area contributed by atoms with E-state index < -0.39 is 0 Å². The van der Waals surface area contributed by atoms with Crippen molar-refractivity contribution in [3.63, 3.8) is 0 Å². The average Bonchev–Trinajstić information content (AvgIpc) is 2.38. The Hall–Kier alpha value is -1.40. The van der Waals surface area contributed by atoms with Crippen LogP contribution in [0.3, 0.4) is 0 Å². The quantitative estimate of drug-likeness (QED) is 0.565. The van der Waals surface area contributed by atoms with Crippen molar-refractivity contribution < 1.29 is 4.74 Å². The van der Waals surface area contributed by atoms with Gasteiger partial charge in [0.25, 0.3) is 0 Å². The van der Waals surface area contributed by atoms with Gasteiger partial charge in [-0.05, 0) is 5.92 Å². The predicted molar refractivity (Wildman–Crippen MR) is 73.3 cm³/mol. The summed E-state index contributed by atoms with van der Waals surface area (Å²) in [7, 11) is 3.64. The molecule has 1 aromatic rings. The number of ether oxygens (including phenoxy) is 1. The Bertz CT molecular complexity index is 371. The molecule has 0 fully saturated rings. The molecule has 0 aliphatic carbocycles. The van der Waals surface area contributed by atoms with Crippen molar-refractivity contribution in [1.29, 1.82) is 0 Å². The Morgan fingerprint density at radius 1 is 1.50 bits per heavy atom. The Kier molecular flexibility index (Phi) is 5.80. The van der Waals surface area contributed by atoms with Crippen LogP contribution in [0.4, 0.5) is 11.6 Å². The van der Waals surface area contributed by atoms with Crippen LogP contribution >= 0.6 is 0 Å². The molecule has 0 radical (unpaired) electrons. The lowest BCUT2D eigenvalue weighted by Crippen LogP contribution is -2.25. The highest BCUT2D eigenvalue weighted by atomic mass is 16.5. The van der Waals surface area contributed by atoms with Crippen LogP contribution in [0.1, 0.15) is 26.1 Å². The van der Waals surface area contributed by atoms with E-state index in [0.717, 1.165) is 18.8 Å². The number of nitrogens with zero attached hydrogens (tertiary/aromatic N) is 3. The van der Waals surface area contributed by atoms with Crippen LogP contribution in [0.5, 0.6) is 0 Å². The van der Waals surface area contributed by atoms with Gasteiger partial charge in [0.05, 0.1) is 0 Å². The van der Waals surface area contributed by atoms with Crippen molar-refractivity contribution in [1.82, 2.24) is 9.97 Å². The zero-order valence-corrected chi connectivity index (χ0v) is 11.6. The van der Waals surface area contributed by atoms with Gasteiger partial charge in [-0.3, -0.25) is 0 Å². The highest BCUT2D eigenvalue weighted by molar-refractivity contribution is 5.48. The van der Waals surface area contributed by atoms with E-state index in [1.54, 1.807) is 7.11 Å². The molecular formula is C12H23N5O. The van der Waals surface area contributed by atoms with E-state index in [1.165, 1.54) is 0 Å². The fourth-order valence-corrected chi connectivity index (χ4v) is 1.64. The first-order chi connectivity index (χ1) is 8.60. The highest BCUT2D eigenvalue weighted by Gasteiger charge is 2.10. The third-order valence-corrected chi connectivity index (χ3v) is 2.85. The lowest BCUT2D eigenvalue weighted by Gasteiger charge is -2.22. The van der Waals surface area contributed by atoms with Crippen LogP contribution in [-0.4, -0.2) is 30.7 Å². The summed E-state index contributed by atoms with van der Waals surface area (Å²) in [5.41, 5.74) is 2.56. The molecule has 0 saturated carbocycles. The van der Waals surface area contributed by atoms with Gasteiger partial charge in [-0.2, -0.15) is 0 Å². The number of hydrazine groups is 1. The van der Waals surface area contributed by atoms with Gasteiger partial charge in [-0.1, -0.05) is 20.3 Å².